The van der Waals surface area contributed by atoms with Gasteiger partial charge in [-0.1, -0.05) is 193 Å². The standard InChI is InChI=1S/C66H57N7/c1-43-37-38-67-59(39-43)73-55-32-15-14-27-51(55)52-36-35-47(41-58(52)73)63-68-62(69-64(70-63)60-53(65(2,3)4)30-20-31-54(60)66(5,6)7)46-25-18-26-48(40-46)71-42-72(57-34-17-16-33-56(57)71)61-49(44-21-10-8-11-22-44)28-19-29-50(61)45-23-12-9-13-24-45/h8-41H,42H2,1-7H3. The van der Waals surface area contributed by atoms with Crippen LogP contribution in [0.15, 0.2) is 206 Å². The number of hydrogen-bond donors (Lipinski definition) is 0. The van der Waals surface area contributed by atoms with Gasteiger partial charge in [0, 0.05) is 50.5 Å². The lowest BCUT2D eigenvalue weighted by molar-refractivity contribution is 0.570. The molecular weight excluding hydrogens is 891 g/mol. The summed E-state index contributed by atoms with van der Waals surface area (Å²) in [6.07, 6.45) is 1.89. The first kappa shape index (κ1) is 45.5. The Kier molecular flexibility index (Phi) is 11.1. The predicted molar refractivity (Wildman–Crippen MR) is 303 cm³/mol. The van der Waals surface area contributed by atoms with Gasteiger partial charge in [-0.2, -0.15) is 0 Å². The summed E-state index contributed by atoms with van der Waals surface area (Å²) in [5, 5.41) is 2.30. The van der Waals surface area contributed by atoms with Gasteiger partial charge in [0.2, 0.25) is 0 Å². The molecule has 8 aromatic carbocycles. The fourth-order valence-electron chi connectivity index (χ4n) is 10.8. The maximum Gasteiger partial charge on any atom is 0.164 e. The van der Waals surface area contributed by atoms with Crippen molar-refractivity contribution in [1.29, 1.82) is 0 Å². The molecule has 3 aromatic heterocycles. The highest BCUT2D eigenvalue weighted by Gasteiger charge is 2.33. The van der Waals surface area contributed by atoms with E-state index < -0.39 is 0 Å². The zero-order valence-electron chi connectivity index (χ0n) is 42.5. The van der Waals surface area contributed by atoms with Crippen molar-refractivity contribution >= 4 is 44.6 Å². The van der Waals surface area contributed by atoms with Crippen LogP contribution in [0, 0.1) is 6.92 Å². The number of rotatable bonds is 8. The lowest BCUT2D eigenvalue weighted by Crippen LogP contribution is -2.25. The maximum absolute atomic E-state index is 5.52. The van der Waals surface area contributed by atoms with E-state index in [0.29, 0.717) is 24.1 Å². The number of benzene rings is 8. The van der Waals surface area contributed by atoms with E-state index in [2.05, 4.69) is 257 Å². The van der Waals surface area contributed by atoms with Crippen molar-refractivity contribution in [3.8, 4) is 62.2 Å². The van der Waals surface area contributed by atoms with Crippen LogP contribution in [0.25, 0.3) is 84.0 Å². The van der Waals surface area contributed by atoms with Gasteiger partial charge >= 0.3 is 0 Å². The van der Waals surface area contributed by atoms with Gasteiger partial charge < -0.3 is 9.80 Å². The Morgan fingerprint density at radius 1 is 0.425 bits per heavy atom. The third kappa shape index (κ3) is 8.21. The summed E-state index contributed by atoms with van der Waals surface area (Å²) in [6.45, 7) is 16.3. The summed E-state index contributed by atoms with van der Waals surface area (Å²) in [6, 6.07) is 71.6. The minimum Gasteiger partial charge on any atom is -0.321 e. The van der Waals surface area contributed by atoms with Crippen LogP contribution < -0.4 is 9.80 Å². The molecule has 0 bridgehead atoms. The normalized spacial score (nSPS) is 12.8. The van der Waals surface area contributed by atoms with E-state index in [1.165, 1.54) is 39.1 Å². The average Bonchev–Trinajstić information content (AvgIpc) is 3.96. The topological polar surface area (TPSA) is 63.0 Å². The molecule has 11 aromatic rings. The van der Waals surface area contributed by atoms with Crippen molar-refractivity contribution in [3.05, 3.63) is 223 Å². The van der Waals surface area contributed by atoms with Crippen LogP contribution in [0.3, 0.4) is 0 Å². The minimum absolute atomic E-state index is 0.196. The Morgan fingerprint density at radius 3 is 1.60 bits per heavy atom. The smallest absolute Gasteiger partial charge is 0.164 e. The van der Waals surface area contributed by atoms with E-state index in [1.807, 2.05) is 12.3 Å². The SMILES string of the molecule is Cc1ccnc(-n2c3ccccc3c3ccc(-c4nc(-c5cccc(N6CN(c7c(-c8ccccc8)cccc7-c7ccccc7)c7ccccc76)c5)nc(-c5c(C(C)(C)C)cccc5C(C)(C)C)n4)cc32)c1. The number of anilines is 4. The molecule has 0 saturated heterocycles. The number of nitrogens with zero attached hydrogens (tertiary/aromatic N) is 7. The number of fused-ring (bicyclic) bond motifs is 4. The summed E-state index contributed by atoms with van der Waals surface area (Å²) in [5.41, 5.74) is 17.3. The van der Waals surface area contributed by atoms with Crippen LogP contribution >= 0.6 is 0 Å². The molecule has 0 fully saturated rings. The molecule has 1 aliphatic heterocycles. The summed E-state index contributed by atoms with van der Waals surface area (Å²) in [7, 11) is 0. The molecule has 0 amide bonds. The van der Waals surface area contributed by atoms with E-state index in [9.17, 15) is 0 Å². The lowest BCUT2D eigenvalue weighted by Gasteiger charge is -2.29. The zero-order chi connectivity index (χ0) is 50.0. The Hall–Kier alpha value is -8.68. The molecule has 356 valence electrons. The van der Waals surface area contributed by atoms with Gasteiger partial charge in [0.05, 0.1) is 28.1 Å². The molecule has 1 aliphatic rings. The quantitative estimate of drug-likeness (QED) is 0.151. The predicted octanol–water partition coefficient (Wildman–Crippen LogP) is 16.8. The van der Waals surface area contributed by atoms with Crippen LogP contribution in [-0.2, 0) is 10.8 Å². The molecule has 73 heavy (non-hydrogen) atoms. The molecule has 0 saturated carbocycles. The van der Waals surface area contributed by atoms with E-state index >= 15 is 0 Å². The minimum atomic E-state index is -0.196. The molecule has 7 heteroatoms. The molecule has 7 nitrogen and oxygen atoms in total. The van der Waals surface area contributed by atoms with Gasteiger partial charge in [-0.15, -0.1) is 0 Å². The van der Waals surface area contributed by atoms with Crippen LogP contribution in [0.1, 0.15) is 58.2 Å². The first-order valence-electron chi connectivity index (χ1n) is 25.2. The number of pyridine rings is 1. The Morgan fingerprint density at radius 2 is 0.959 bits per heavy atom. The highest BCUT2D eigenvalue weighted by atomic mass is 15.4. The van der Waals surface area contributed by atoms with E-state index in [4.69, 9.17) is 19.9 Å². The van der Waals surface area contributed by atoms with E-state index in [1.54, 1.807) is 0 Å². The largest absolute Gasteiger partial charge is 0.321 e. The van der Waals surface area contributed by atoms with Crippen molar-refractivity contribution in [2.75, 3.05) is 16.5 Å². The Balaban J connectivity index is 1.04. The van der Waals surface area contributed by atoms with Crippen LogP contribution in [-0.4, -0.2) is 31.2 Å². The Bertz CT molecular complexity index is 3790. The first-order valence-corrected chi connectivity index (χ1v) is 25.2. The number of para-hydroxylation sites is 4. The molecule has 0 unspecified atom stereocenters. The number of aromatic nitrogens is 5. The molecule has 12 rings (SSSR count). The first-order chi connectivity index (χ1) is 35.4. The van der Waals surface area contributed by atoms with Crippen molar-refractivity contribution in [2.45, 2.75) is 59.3 Å². The van der Waals surface area contributed by atoms with Gasteiger partial charge in [0.1, 0.15) is 12.5 Å². The maximum atomic E-state index is 5.52. The van der Waals surface area contributed by atoms with Gasteiger partial charge in [-0.25, -0.2) is 19.9 Å². The van der Waals surface area contributed by atoms with Crippen LogP contribution in [0.2, 0.25) is 0 Å². The van der Waals surface area contributed by atoms with Crippen molar-refractivity contribution in [3.63, 3.8) is 0 Å². The summed E-state index contributed by atoms with van der Waals surface area (Å²) < 4.78 is 2.26. The zero-order valence-corrected chi connectivity index (χ0v) is 42.5. The van der Waals surface area contributed by atoms with Crippen molar-refractivity contribution < 1.29 is 0 Å². The van der Waals surface area contributed by atoms with Crippen molar-refractivity contribution in [1.82, 2.24) is 24.5 Å². The third-order valence-corrected chi connectivity index (χ3v) is 14.2. The third-order valence-electron chi connectivity index (χ3n) is 14.2. The fraction of sp³-hybridized carbons (Fsp3) is 0.152. The molecule has 0 aliphatic carbocycles. The Labute approximate surface area is 428 Å². The molecule has 0 atom stereocenters. The van der Waals surface area contributed by atoms with Gasteiger partial charge in [0.25, 0.3) is 0 Å². The second-order valence-electron chi connectivity index (χ2n) is 21.3. The van der Waals surface area contributed by atoms with E-state index in [-0.39, 0.29) is 10.8 Å². The monoisotopic (exact) mass is 947 g/mol. The second kappa shape index (κ2) is 17.9. The second-order valence-corrected chi connectivity index (χ2v) is 21.3. The van der Waals surface area contributed by atoms with Crippen molar-refractivity contribution in [2.24, 2.45) is 0 Å². The summed E-state index contributed by atoms with van der Waals surface area (Å²) in [4.78, 5) is 26.2. The lowest BCUT2D eigenvalue weighted by atomic mass is 9.76. The highest BCUT2D eigenvalue weighted by molar-refractivity contribution is 6.10. The van der Waals surface area contributed by atoms with Crippen LogP contribution in [0.5, 0.6) is 0 Å². The molecule has 0 spiro atoms. The van der Waals surface area contributed by atoms with Crippen LogP contribution in [0.4, 0.5) is 22.7 Å². The van der Waals surface area contributed by atoms with Gasteiger partial charge in [0.15, 0.2) is 17.5 Å². The molecule has 0 radical (unpaired) electrons. The van der Waals surface area contributed by atoms with Gasteiger partial charge in [-0.3, -0.25) is 4.57 Å². The number of aryl methyl sites for hydroxylation is 1. The van der Waals surface area contributed by atoms with Gasteiger partial charge in [-0.05, 0) is 94.1 Å². The van der Waals surface area contributed by atoms with E-state index in [0.717, 1.165) is 66.9 Å². The molecule has 0 N–H and O–H groups in total. The summed E-state index contributed by atoms with van der Waals surface area (Å²) in [5.74, 6) is 2.74. The molecule has 4 heterocycles. The number of hydrogen-bond acceptors (Lipinski definition) is 6. The fourth-order valence-corrected chi connectivity index (χ4v) is 10.8. The average molecular weight is 948 g/mol. The molecular formula is C66H57N7. The highest BCUT2D eigenvalue weighted by Crippen LogP contribution is 2.50. The summed E-state index contributed by atoms with van der Waals surface area (Å²) >= 11 is 0.